The summed E-state index contributed by atoms with van der Waals surface area (Å²) in [4.78, 5) is 25.1. The van der Waals surface area contributed by atoms with Crippen molar-refractivity contribution in [3.05, 3.63) is 69.3 Å². The first-order valence-electron chi connectivity index (χ1n) is 8.89. The lowest BCUT2D eigenvalue weighted by Gasteiger charge is -2.20. The van der Waals surface area contributed by atoms with E-state index in [1.54, 1.807) is 6.92 Å². The van der Waals surface area contributed by atoms with Crippen LogP contribution in [0.5, 0.6) is 0 Å². The van der Waals surface area contributed by atoms with E-state index in [2.05, 4.69) is 18.2 Å². The zero-order valence-corrected chi connectivity index (χ0v) is 13.9. The van der Waals surface area contributed by atoms with E-state index < -0.39 is 0 Å². The molecule has 0 saturated carbocycles. The standard InChI is InChI=1S/C22H20O2/c1-13(23)15-6-7-16-10-22(12-18(16)9-15)11-17-8-5-14-3-2-4-19(14)20(17)21(22)24/h5-9H,2-4,10-12H2,1H3/t22-/m1/s1. The van der Waals surface area contributed by atoms with Gasteiger partial charge in [0.1, 0.15) is 0 Å². The van der Waals surface area contributed by atoms with Crippen molar-refractivity contribution in [3.63, 3.8) is 0 Å². The lowest BCUT2D eigenvalue weighted by molar-refractivity contribution is 0.0830. The third-order valence-electron chi connectivity index (χ3n) is 6.28. The number of benzene rings is 2. The van der Waals surface area contributed by atoms with Gasteiger partial charge in [0.25, 0.3) is 0 Å². The van der Waals surface area contributed by atoms with Crippen LogP contribution in [0.3, 0.4) is 0 Å². The van der Waals surface area contributed by atoms with Gasteiger partial charge in [-0.15, -0.1) is 0 Å². The number of hydrogen-bond donors (Lipinski definition) is 0. The minimum absolute atomic E-state index is 0.0950. The lowest BCUT2D eigenvalue weighted by atomic mass is 9.80. The smallest absolute Gasteiger partial charge is 0.170 e. The number of rotatable bonds is 1. The van der Waals surface area contributed by atoms with Gasteiger partial charge in [-0.05, 0) is 79.3 Å². The van der Waals surface area contributed by atoms with E-state index in [1.165, 1.54) is 34.2 Å². The molecule has 2 nitrogen and oxygen atoms in total. The second kappa shape index (κ2) is 4.66. The molecule has 2 aromatic carbocycles. The van der Waals surface area contributed by atoms with Crippen molar-refractivity contribution in [2.75, 3.05) is 0 Å². The Bertz CT molecular complexity index is 922. The maximum absolute atomic E-state index is 13.4. The fourth-order valence-corrected chi connectivity index (χ4v) is 5.11. The van der Waals surface area contributed by atoms with Gasteiger partial charge in [-0.3, -0.25) is 9.59 Å². The molecule has 5 rings (SSSR count). The van der Waals surface area contributed by atoms with Gasteiger partial charge in [-0.25, -0.2) is 0 Å². The molecule has 3 aliphatic rings. The van der Waals surface area contributed by atoms with Crippen LogP contribution >= 0.6 is 0 Å². The Morgan fingerprint density at radius 3 is 2.46 bits per heavy atom. The van der Waals surface area contributed by atoms with Crippen LogP contribution in [-0.4, -0.2) is 11.6 Å². The SMILES string of the molecule is CC(=O)c1ccc2c(c1)C[C@@]1(C2)Cc2ccc3c(c2C1=O)CCC3. The second-order valence-electron chi connectivity index (χ2n) is 7.77. The van der Waals surface area contributed by atoms with E-state index in [4.69, 9.17) is 0 Å². The second-order valence-corrected chi connectivity index (χ2v) is 7.77. The first-order chi connectivity index (χ1) is 11.6. The summed E-state index contributed by atoms with van der Waals surface area (Å²) in [5, 5.41) is 0. The molecule has 0 saturated heterocycles. The van der Waals surface area contributed by atoms with Crippen LogP contribution in [0.15, 0.2) is 30.3 Å². The predicted molar refractivity (Wildman–Crippen MR) is 92.8 cm³/mol. The number of hydrogen-bond acceptors (Lipinski definition) is 2. The molecule has 1 atom stereocenters. The van der Waals surface area contributed by atoms with Crippen molar-refractivity contribution in [2.45, 2.75) is 45.4 Å². The first-order valence-corrected chi connectivity index (χ1v) is 8.89. The lowest BCUT2D eigenvalue weighted by Crippen LogP contribution is -2.29. The molecule has 2 aromatic rings. The summed E-state index contributed by atoms with van der Waals surface area (Å²) in [6.07, 6.45) is 5.81. The molecule has 0 bridgehead atoms. The van der Waals surface area contributed by atoms with Gasteiger partial charge in [-0.1, -0.05) is 24.3 Å². The van der Waals surface area contributed by atoms with Crippen LogP contribution < -0.4 is 0 Å². The van der Waals surface area contributed by atoms with Gasteiger partial charge in [0.05, 0.1) is 0 Å². The molecule has 0 amide bonds. The Balaban J connectivity index is 1.57. The summed E-state index contributed by atoms with van der Waals surface area (Å²) in [6, 6.07) is 10.4. The van der Waals surface area contributed by atoms with Crippen molar-refractivity contribution in [3.8, 4) is 0 Å². The number of ketones is 2. The molecule has 0 heterocycles. The summed E-state index contributed by atoms with van der Waals surface area (Å²) in [5.74, 6) is 0.453. The highest BCUT2D eigenvalue weighted by molar-refractivity contribution is 6.07. The normalized spacial score (nSPS) is 23.5. The largest absolute Gasteiger partial charge is 0.295 e. The monoisotopic (exact) mass is 316 g/mol. The Labute approximate surface area is 141 Å². The van der Waals surface area contributed by atoms with Crippen molar-refractivity contribution in [2.24, 2.45) is 5.41 Å². The van der Waals surface area contributed by atoms with Crippen LogP contribution in [0.1, 0.15) is 61.9 Å². The average molecular weight is 316 g/mol. The molecule has 2 heteroatoms. The van der Waals surface area contributed by atoms with Gasteiger partial charge < -0.3 is 0 Å². The summed E-state index contributed by atoms with van der Waals surface area (Å²) in [6.45, 7) is 1.60. The molecule has 0 aliphatic heterocycles. The van der Waals surface area contributed by atoms with E-state index in [-0.39, 0.29) is 11.2 Å². The predicted octanol–water partition coefficient (Wildman–Crippen LogP) is 3.90. The minimum Gasteiger partial charge on any atom is -0.295 e. The number of fused-ring (bicyclic) bond motifs is 4. The van der Waals surface area contributed by atoms with E-state index >= 15 is 0 Å². The molecule has 0 fully saturated rings. The highest BCUT2D eigenvalue weighted by atomic mass is 16.1. The van der Waals surface area contributed by atoms with Crippen molar-refractivity contribution in [1.29, 1.82) is 0 Å². The Hall–Kier alpha value is -2.22. The van der Waals surface area contributed by atoms with Crippen LogP contribution in [0.2, 0.25) is 0 Å². The maximum Gasteiger partial charge on any atom is 0.170 e. The third kappa shape index (κ3) is 1.77. The van der Waals surface area contributed by atoms with E-state index in [0.29, 0.717) is 5.78 Å². The van der Waals surface area contributed by atoms with Crippen LogP contribution in [-0.2, 0) is 32.1 Å². The van der Waals surface area contributed by atoms with Crippen molar-refractivity contribution in [1.82, 2.24) is 0 Å². The summed E-state index contributed by atoms with van der Waals surface area (Å²) >= 11 is 0. The van der Waals surface area contributed by atoms with Gasteiger partial charge in [0.2, 0.25) is 0 Å². The number of carbonyl (C=O) groups excluding carboxylic acids is 2. The Morgan fingerprint density at radius 1 is 0.917 bits per heavy atom. The average Bonchev–Trinajstić information content (AvgIpc) is 3.23. The molecule has 0 aromatic heterocycles. The summed E-state index contributed by atoms with van der Waals surface area (Å²) in [7, 11) is 0. The zero-order chi connectivity index (χ0) is 16.5. The topological polar surface area (TPSA) is 34.1 Å². The van der Waals surface area contributed by atoms with Crippen LogP contribution in [0.4, 0.5) is 0 Å². The fourth-order valence-electron chi connectivity index (χ4n) is 5.11. The summed E-state index contributed by atoms with van der Waals surface area (Å²) in [5.41, 5.74) is 7.92. The molecular formula is C22H20O2. The number of aryl methyl sites for hydroxylation is 1. The minimum atomic E-state index is -0.294. The first kappa shape index (κ1) is 14.2. The van der Waals surface area contributed by atoms with E-state index in [0.717, 1.165) is 43.2 Å². The quantitative estimate of drug-likeness (QED) is 0.748. The molecule has 3 aliphatic carbocycles. The fraction of sp³-hybridized carbons (Fsp3) is 0.364. The van der Waals surface area contributed by atoms with Crippen molar-refractivity contribution >= 4 is 11.6 Å². The molecule has 1 spiro atoms. The number of Topliss-reactive ketones (excluding diaryl/α,β-unsaturated/α-hetero) is 2. The van der Waals surface area contributed by atoms with Crippen LogP contribution in [0, 0.1) is 5.41 Å². The van der Waals surface area contributed by atoms with E-state index in [1.807, 2.05) is 12.1 Å². The third-order valence-corrected chi connectivity index (χ3v) is 6.28. The molecule has 0 unspecified atom stereocenters. The Kier molecular flexibility index (Phi) is 2.75. The Morgan fingerprint density at radius 2 is 1.62 bits per heavy atom. The highest BCUT2D eigenvalue weighted by Gasteiger charge is 2.50. The summed E-state index contributed by atoms with van der Waals surface area (Å²) < 4.78 is 0. The van der Waals surface area contributed by atoms with Crippen molar-refractivity contribution < 1.29 is 9.59 Å². The van der Waals surface area contributed by atoms with Crippen LogP contribution in [0.25, 0.3) is 0 Å². The highest BCUT2D eigenvalue weighted by Crippen LogP contribution is 2.49. The molecule has 24 heavy (non-hydrogen) atoms. The maximum atomic E-state index is 13.4. The van der Waals surface area contributed by atoms with Gasteiger partial charge >= 0.3 is 0 Å². The van der Waals surface area contributed by atoms with Gasteiger partial charge in [0, 0.05) is 16.5 Å². The van der Waals surface area contributed by atoms with Gasteiger partial charge in [-0.2, -0.15) is 0 Å². The van der Waals surface area contributed by atoms with Gasteiger partial charge in [0.15, 0.2) is 11.6 Å². The molecule has 0 N–H and O–H groups in total. The molecular weight excluding hydrogens is 296 g/mol. The molecule has 0 radical (unpaired) electrons. The number of carbonyl (C=O) groups is 2. The van der Waals surface area contributed by atoms with E-state index in [9.17, 15) is 9.59 Å². The zero-order valence-electron chi connectivity index (χ0n) is 13.9. The molecule has 120 valence electrons.